The number of rotatable bonds is 8. The summed E-state index contributed by atoms with van der Waals surface area (Å²) in [4.78, 5) is 37.7. The van der Waals surface area contributed by atoms with Crippen LogP contribution in [0.25, 0.3) is 0 Å². The van der Waals surface area contributed by atoms with Gasteiger partial charge >= 0.3 is 5.97 Å². The van der Waals surface area contributed by atoms with Crippen LogP contribution in [0.15, 0.2) is 12.4 Å². The van der Waals surface area contributed by atoms with Crippen molar-refractivity contribution in [2.75, 3.05) is 43.0 Å². The van der Waals surface area contributed by atoms with Gasteiger partial charge < -0.3 is 19.9 Å². The summed E-state index contributed by atoms with van der Waals surface area (Å²) in [5, 5.41) is 3.44. The molecule has 4 rings (SSSR count). The highest BCUT2D eigenvalue weighted by atomic mass is 16.5. The molecule has 3 fully saturated rings. The molecule has 0 aromatic carbocycles. The smallest absolute Gasteiger partial charge is 0.309 e. The first-order valence-electron chi connectivity index (χ1n) is 11.9. The third kappa shape index (κ3) is 6.08. The first kappa shape index (κ1) is 21.8. The topological polar surface area (TPSA) is 87.7 Å². The summed E-state index contributed by atoms with van der Waals surface area (Å²) in [5.74, 6) is 2.45. The second-order valence-electron chi connectivity index (χ2n) is 9.08. The van der Waals surface area contributed by atoms with Crippen molar-refractivity contribution in [1.82, 2.24) is 14.9 Å². The molecule has 8 nitrogen and oxygen atoms in total. The van der Waals surface area contributed by atoms with Crippen molar-refractivity contribution in [1.29, 1.82) is 0 Å². The first-order valence-corrected chi connectivity index (χ1v) is 11.9. The van der Waals surface area contributed by atoms with Crippen molar-refractivity contribution in [3.63, 3.8) is 0 Å². The van der Waals surface area contributed by atoms with E-state index in [2.05, 4.69) is 26.3 Å². The van der Waals surface area contributed by atoms with Crippen LogP contribution in [0.4, 0.5) is 11.6 Å². The molecular formula is C23H35N5O3. The highest BCUT2D eigenvalue weighted by Crippen LogP contribution is 2.28. The lowest BCUT2D eigenvalue weighted by Crippen LogP contribution is -2.41. The number of nitrogens with zero attached hydrogens (tertiary/aromatic N) is 4. The fourth-order valence-corrected chi connectivity index (χ4v) is 4.65. The van der Waals surface area contributed by atoms with Crippen LogP contribution in [-0.4, -0.2) is 65.6 Å². The van der Waals surface area contributed by atoms with Crippen LogP contribution in [0.5, 0.6) is 0 Å². The van der Waals surface area contributed by atoms with Gasteiger partial charge in [-0.15, -0.1) is 0 Å². The molecule has 1 aliphatic carbocycles. The van der Waals surface area contributed by atoms with Crippen molar-refractivity contribution < 1.29 is 14.3 Å². The summed E-state index contributed by atoms with van der Waals surface area (Å²) in [5.41, 5.74) is 0. The predicted molar refractivity (Wildman–Crippen MR) is 119 cm³/mol. The lowest BCUT2D eigenvalue weighted by molar-refractivity contribution is -0.151. The largest absolute Gasteiger partial charge is 0.466 e. The molecule has 0 radical (unpaired) electrons. The van der Waals surface area contributed by atoms with Crippen LogP contribution in [0.2, 0.25) is 0 Å². The normalized spacial score (nSPS) is 22.3. The third-order valence-corrected chi connectivity index (χ3v) is 6.66. The summed E-state index contributed by atoms with van der Waals surface area (Å²) in [6.07, 6.45) is 9.30. The van der Waals surface area contributed by atoms with Crippen LogP contribution >= 0.6 is 0 Å². The van der Waals surface area contributed by atoms with Crippen LogP contribution < -0.4 is 10.2 Å². The van der Waals surface area contributed by atoms with Gasteiger partial charge in [0.05, 0.1) is 12.5 Å². The number of aromatic nitrogens is 2. The zero-order valence-corrected chi connectivity index (χ0v) is 18.6. The number of nitrogens with one attached hydrogen (secondary N) is 1. The highest BCUT2D eigenvalue weighted by molar-refractivity contribution is 5.77. The van der Waals surface area contributed by atoms with E-state index in [9.17, 15) is 9.59 Å². The molecule has 170 valence electrons. The zero-order chi connectivity index (χ0) is 21.6. The maximum absolute atomic E-state index is 12.7. The van der Waals surface area contributed by atoms with Gasteiger partial charge in [0.2, 0.25) is 5.91 Å². The molecule has 1 saturated carbocycles. The van der Waals surface area contributed by atoms with E-state index in [0.29, 0.717) is 50.9 Å². The maximum atomic E-state index is 12.7. The molecule has 2 aliphatic heterocycles. The minimum Gasteiger partial charge on any atom is -0.466 e. The van der Waals surface area contributed by atoms with E-state index in [1.165, 1.54) is 12.8 Å². The summed E-state index contributed by atoms with van der Waals surface area (Å²) < 4.78 is 5.12. The van der Waals surface area contributed by atoms with Gasteiger partial charge in [0.15, 0.2) is 0 Å². The molecule has 1 atom stereocenters. The molecule has 0 bridgehead atoms. The Kier molecular flexibility index (Phi) is 7.25. The molecule has 1 amide bonds. The van der Waals surface area contributed by atoms with Gasteiger partial charge in [-0.1, -0.05) is 0 Å². The number of carbonyl (C=O) groups excluding carboxylic acids is 2. The second kappa shape index (κ2) is 10.3. The summed E-state index contributed by atoms with van der Waals surface area (Å²) in [7, 11) is 0. The van der Waals surface area contributed by atoms with Crippen LogP contribution in [-0.2, 0) is 14.3 Å². The monoisotopic (exact) mass is 429 g/mol. The highest BCUT2D eigenvalue weighted by Gasteiger charge is 2.29. The fourth-order valence-electron chi connectivity index (χ4n) is 4.65. The minimum absolute atomic E-state index is 0.0527. The van der Waals surface area contributed by atoms with Crippen molar-refractivity contribution in [3.8, 4) is 0 Å². The molecular weight excluding hydrogens is 394 g/mol. The number of esters is 1. The van der Waals surface area contributed by atoms with Crippen LogP contribution in [0.1, 0.15) is 58.3 Å². The Morgan fingerprint density at radius 2 is 1.94 bits per heavy atom. The van der Waals surface area contributed by atoms with Gasteiger partial charge in [0, 0.05) is 44.7 Å². The molecule has 1 N–H and O–H groups in total. The third-order valence-electron chi connectivity index (χ3n) is 6.66. The van der Waals surface area contributed by atoms with Gasteiger partial charge in [-0.3, -0.25) is 9.59 Å². The SMILES string of the molecule is CCOC(=O)C1CCN(C(=O)CCC2CCCN(c3cc(NC4CC4)ncn3)C2)CC1. The van der Waals surface area contributed by atoms with E-state index in [1.54, 1.807) is 6.33 Å². The lowest BCUT2D eigenvalue weighted by atomic mass is 9.92. The number of likely N-dealkylation sites (tertiary alicyclic amines) is 1. The second-order valence-corrected chi connectivity index (χ2v) is 9.08. The molecule has 3 aliphatic rings. The Bertz CT molecular complexity index is 761. The summed E-state index contributed by atoms with van der Waals surface area (Å²) >= 11 is 0. The standard InChI is InChI=1S/C23H35N5O3/c1-2-31-23(30)18-9-12-27(13-10-18)22(29)8-5-17-4-3-11-28(15-17)21-14-20(24-16-25-21)26-19-6-7-19/h14,16-19H,2-13,15H2,1H3,(H,24,25,26). The van der Waals surface area contributed by atoms with E-state index in [0.717, 1.165) is 44.0 Å². The quantitative estimate of drug-likeness (QED) is 0.636. The number of amides is 1. The van der Waals surface area contributed by atoms with Crippen molar-refractivity contribution >= 4 is 23.5 Å². The number of carbonyl (C=O) groups is 2. The van der Waals surface area contributed by atoms with E-state index >= 15 is 0 Å². The molecule has 8 heteroatoms. The number of piperidine rings is 2. The number of hydrogen-bond donors (Lipinski definition) is 1. The van der Waals surface area contributed by atoms with Gasteiger partial charge in [0.1, 0.15) is 18.0 Å². The fraction of sp³-hybridized carbons (Fsp3) is 0.739. The summed E-state index contributed by atoms with van der Waals surface area (Å²) in [6.45, 7) is 5.53. The van der Waals surface area contributed by atoms with Crippen molar-refractivity contribution in [2.45, 2.75) is 64.3 Å². The van der Waals surface area contributed by atoms with Gasteiger partial charge in [-0.2, -0.15) is 0 Å². The number of hydrogen-bond acceptors (Lipinski definition) is 7. The molecule has 1 aromatic rings. The molecule has 0 spiro atoms. The molecule has 1 unspecified atom stereocenters. The predicted octanol–water partition coefficient (Wildman–Crippen LogP) is 2.85. The van der Waals surface area contributed by atoms with Gasteiger partial charge in [-0.25, -0.2) is 9.97 Å². The minimum atomic E-state index is -0.114. The Balaban J connectivity index is 1.22. The lowest BCUT2D eigenvalue weighted by Gasteiger charge is -2.34. The van der Waals surface area contributed by atoms with E-state index in [4.69, 9.17) is 4.74 Å². The summed E-state index contributed by atoms with van der Waals surface area (Å²) in [6, 6.07) is 2.63. The zero-order valence-electron chi connectivity index (χ0n) is 18.6. The number of ether oxygens (including phenoxy) is 1. The average molecular weight is 430 g/mol. The maximum Gasteiger partial charge on any atom is 0.309 e. The Hall–Kier alpha value is -2.38. The van der Waals surface area contributed by atoms with Crippen molar-refractivity contribution in [2.24, 2.45) is 11.8 Å². The van der Waals surface area contributed by atoms with Gasteiger partial charge in [-0.05, 0) is 57.8 Å². The Morgan fingerprint density at radius 1 is 1.13 bits per heavy atom. The molecule has 3 heterocycles. The van der Waals surface area contributed by atoms with Gasteiger partial charge in [0.25, 0.3) is 0 Å². The van der Waals surface area contributed by atoms with Crippen LogP contribution in [0.3, 0.4) is 0 Å². The molecule has 2 saturated heterocycles. The van der Waals surface area contributed by atoms with Crippen molar-refractivity contribution in [3.05, 3.63) is 12.4 Å². The average Bonchev–Trinajstić information content (AvgIpc) is 3.62. The van der Waals surface area contributed by atoms with Crippen LogP contribution in [0, 0.1) is 11.8 Å². The Labute approximate surface area is 184 Å². The number of anilines is 2. The Morgan fingerprint density at radius 3 is 2.68 bits per heavy atom. The molecule has 1 aromatic heterocycles. The first-order chi connectivity index (χ1) is 15.1. The van der Waals surface area contributed by atoms with E-state index in [1.807, 2.05) is 11.8 Å². The van der Waals surface area contributed by atoms with E-state index in [-0.39, 0.29) is 17.8 Å². The molecule has 31 heavy (non-hydrogen) atoms. The van der Waals surface area contributed by atoms with E-state index < -0.39 is 0 Å².